The summed E-state index contributed by atoms with van der Waals surface area (Å²) in [4.78, 5) is 8.22. The molecule has 1 heterocycles. The molecule has 106 valence electrons. The Balaban J connectivity index is 2.16. The fourth-order valence-corrected chi connectivity index (χ4v) is 1.88. The number of anilines is 1. The van der Waals surface area contributed by atoms with Crippen LogP contribution in [0.5, 0.6) is 11.5 Å². The first-order valence-corrected chi connectivity index (χ1v) is 6.48. The van der Waals surface area contributed by atoms with E-state index in [0.717, 1.165) is 5.56 Å². The predicted octanol–water partition coefficient (Wildman–Crippen LogP) is 3.32. The topological polar surface area (TPSA) is 56.3 Å². The van der Waals surface area contributed by atoms with Crippen LogP contribution in [-0.2, 0) is 0 Å². The van der Waals surface area contributed by atoms with Crippen LogP contribution >= 0.6 is 11.6 Å². The number of hydrogen-bond acceptors (Lipinski definition) is 5. The van der Waals surface area contributed by atoms with Crippen LogP contribution in [-0.4, -0.2) is 24.2 Å². The van der Waals surface area contributed by atoms with Gasteiger partial charge in [-0.3, -0.25) is 0 Å². The lowest BCUT2D eigenvalue weighted by Crippen LogP contribution is -2.09. The quantitative estimate of drug-likeness (QED) is 0.916. The molecular formula is C14H16ClN3O2. The number of ether oxygens (including phenoxy) is 2. The van der Waals surface area contributed by atoms with Crippen molar-refractivity contribution < 1.29 is 9.47 Å². The monoisotopic (exact) mass is 293 g/mol. The average Bonchev–Trinajstić information content (AvgIpc) is 2.48. The second-order valence-corrected chi connectivity index (χ2v) is 4.64. The van der Waals surface area contributed by atoms with Crippen molar-refractivity contribution in [2.24, 2.45) is 0 Å². The summed E-state index contributed by atoms with van der Waals surface area (Å²) in [6.45, 7) is 2.01. The van der Waals surface area contributed by atoms with E-state index < -0.39 is 0 Å². The maximum absolute atomic E-state index is 5.75. The molecule has 1 aromatic heterocycles. The Labute approximate surface area is 122 Å². The first-order valence-electron chi connectivity index (χ1n) is 6.10. The molecule has 0 spiro atoms. The number of halogens is 1. The Morgan fingerprint density at radius 2 is 1.75 bits per heavy atom. The van der Waals surface area contributed by atoms with Crippen LogP contribution in [0.25, 0.3) is 0 Å². The molecule has 0 amide bonds. The molecule has 1 N–H and O–H groups in total. The summed E-state index contributed by atoms with van der Waals surface area (Å²) in [5.74, 6) is 1.92. The summed E-state index contributed by atoms with van der Waals surface area (Å²) in [5.41, 5.74) is 1.04. The maximum atomic E-state index is 5.75. The molecule has 1 atom stereocenters. The van der Waals surface area contributed by atoms with E-state index in [-0.39, 0.29) is 6.04 Å². The van der Waals surface area contributed by atoms with E-state index in [2.05, 4.69) is 15.3 Å². The van der Waals surface area contributed by atoms with Crippen molar-refractivity contribution in [3.63, 3.8) is 0 Å². The first-order chi connectivity index (χ1) is 9.63. The van der Waals surface area contributed by atoms with E-state index >= 15 is 0 Å². The van der Waals surface area contributed by atoms with Gasteiger partial charge in [0.1, 0.15) is 0 Å². The largest absolute Gasteiger partial charge is 0.493 e. The fraction of sp³-hybridized carbons (Fsp3) is 0.286. The van der Waals surface area contributed by atoms with E-state index in [1.807, 2.05) is 25.1 Å². The summed E-state index contributed by atoms with van der Waals surface area (Å²) in [7, 11) is 3.22. The van der Waals surface area contributed by atoms with Crippen LogP contribution < -0.4 is 14.8 Å². The van der Waals surface area contributed by atoms with Gasteiger partial charge in [0.25, 0.3) is 0 Å². The predicted molar refractivity (Wildman–Crippen MR) is 78.6 cm³/mol. The fourth-order valence-electron chi connectivity index (χ4n) is 1.79. The SMILES string of the molecule is COc1ccc(C(C)Nc2ncc(Cl)cn2)cc1OC. The van der Waals surface area contributed by atoms with E-state index in [9.17, 15) is 0 Å². The Kier molecular flexibility index (Phi) is 4.63. The number of nitrogens with one attached hydrogen (secondary N) is 1. The number of aromatic nitrogens is 2. The standard InChI is InChI=1S/C14H16ClN3O2/c1-9(18-14-16-7-11(15)8-17-14)10-4-5-12(19-2)13(6-10)20-3/h4-9H,1-3H3,(H,16,17,18). The third-order valence-corrected chi connectivity index (χ3v) is 3.07. The average molecular weight is 294 g/mol. The van der Waals surface area contributed by atoms with Crippen LogP contribution in [0, 0.1) is 0 Å². The van der Waals surface area contributed by atoms with Crippen molar-refractivity contribution in [2.75, 3.05) is 19.5 Å². The van der Waals surface area contributed by atoms with Crippen LogP contribution in [0.3, 0.4) is 0 Å². The summed E-state index contributed by atoms with van der Waals surface area (Å²) in [6, 6.07) is 5.78. The van der Waals surface area contributed by atoms with Gasteiger partial charge in [0.2, 0.25) is 5.95 Å². The number of benzene rings is 1. The summed E-state index contributed by atoms with van der Waals surface area (Å²) >= 11 is 5.75. The minimum absolute atomic E-state index is 0.0241. The number of nitrogens with zero attached hydrogens (tertiary/aromatic N) is 2. The van der Waals surface area contributed by atoms with Gasteiger partial charge in [0.05, 0.1) is 37.7 Å². The minimum atomic E-state index is 0.0241. The molecule has 0 saturated carbocycles. The highest BCUT2D eigenvalue weighted by atomic mass is 35.5. The maximum Gasteiger partial charge on any atom is 0.223 e. The number of rotatable bonds is 5. The van der Waals surface area contributed by atoms with E-state index in [1.165, 1.54) is 0 Å². The van der Waals surface area contributed by atoms with Gasteiger partial charge in [-0.1, -0.05) is 17.7 Å². The normalized spacial score (nSPS) is 11.8. The van der Waals surface area contributed by atoms with Gasteiger partial charge in [-0.2, -0.15) is 0 Å². The van der Waals surface area contributed by atoms with Crippen molar-refractivity contribution in [3.8, 4) is 11.5 Å². The lowest BCUT2D eigenvalue weighted by atomic mass is 10.1. The zero-order valence-electron chi connectivity index (χ0n) is 11.6. The van der Waals surface area contributed by atoms with Crippen LogP contribution in [0.1, 0.15) is 18.5 Å². The molecule has 0 bridgehead atoms. The molecular weight excluding hydrogens is 278 g/mol. The van der Waals surface area contributed by atoms with Crippen molar-refractivity contribution in [3.05, 3.63) is 41.2 Å². The molecule has 2 rings (SSSR count). The Morgan fingerprint density at radius 1 is 1.10 bits per heavy atom. The molecule has 0 fully saturated rings. The van der Waals surface area contributed by atoms with Gasteiger partial charge < -0.3 is 14.8 Å². The van der Waals surface area contributed by atoms with Crippen LogP contribution in [0.15, 0.2) is 30.6 Å². The van der Waals surface area contributed by atoms with Crippen molar-refractivity contribution in [1.29, 1.82) is 0 Å². The van der Waals surface area contributed by atoms with E-state index in [0.29, 0.717) is 22.5 Å². The summed E-state index contributed by atoms with van der Waals surface area (Å²) in [6.07, 6.45) is 3.11. The highest BCUT2D eigenvalue weighted by molar-refractivity contribution is 6.30. The van der Waals surface area contributed by atoms with Gasteiger partial charge in [-0.15, -0.1) is 0 Å². The molecule has 20 heavy (non-hydrogen) atoms. The zero-order chi connectivity index (χ0) is 14.5. The molecule has 1 aromatic carbocycles. The van der Waals surface area contributed by atoms with Crippen molar-refractivity contribution in [1.82, 2.24) is 9.97 Å². The molecule has 0 aliphatic carbocycles. The lowest BCUT2D eigenvalue weighted by Gasteiger charge is -2.16. The molecule has 6 heteroatoms. The van der Waals surface area contributed by atoms with Crippen molar-refractivity contribution >= 4 is 17.5 Å². The van der Waals surface area contributed by atoms with Gasteiger partial charge in [0.15, 0.2) is 11.5 Å². The highest BCUT2D eigenvalue weighted by Crippen LogP contribution is 2.30. The second-order valence-electron chi connectivity index (χ2n) is 4.21. The Morgan fingerprint density at radius 3 is 2.35 bits per heavy atom. The van der Waals surface area contributed by atoms with Gasteiger partial charge in [-0.25, -0.2) is 9.97 Å². The summed E-state index contributed by atoms with van der Waals surface area (Å²) in [5, 5.41) is 3.71. The van der Waals surface area contributed by atoms with Crippen LogP contribution in [0.2, 0.25) is 5.02 Å². The third-order valence-electron chi connectivity index (χ3n) is 2.87. The van der Waals surface area contributed by atoms with Gasteiger partial charge in [-0.05, 0) is 24.6 Å². The third kappa shape index (κ3) is 3.30. The zero-order valence-corrected chi connectivity index (χ0v) is 12.3. The molecule has 2 aromatic rings. The second kappa shape index (κ2) is 6.43. The first kappa shape index (κ1) is 14.4. The molecule has 0 aliphatic rings. The number of hydrogen-bond donors (Lipinski definition) is 1. The smallest absolute Gasteiger partial charge is 0.223 e. The Bertz CT molecular complexity index is 575. The highest BCUT2D eigenvalue weighted by Gasteiger charge is 2.11. The van der Waals surface area contributed by atoms with Gasteiger partial charge >= 0.3 is 0 Å². The number of methoxy groups -OCH3 is 2. The van der Waals surface area contributed by atoms with E-state index in [1.54, 1.807) is 26.6 Å². The summed E-state index contributed by atoms with van der Waals surface area (Å²) < 4.78 is 10.5. The molecule has 5 nitrogen and oxygen atoms in total. The minimum Gasteiger partial charge on any atom is -0.493 e. The Hall–Kier alpha value is -2.01. The van der Waals surface area contributed by atoms with E-state index in [4.69, 9.17) is 21.1 Å². The lowest BCUT2D eigenvalue weighted by molar-refractivity contribution is 0.354. The van der Waals surface area contributed by atoms with Gasteiger partial charge in [0, 0.05) is 0 Å². The molecule has 0 aliphatic heterocycles. The van der Waals surface area contributed by atoms with Crippen molar-refractivity contribution in [2.45, 2.75) is 13.0 Å². The van der Waals surface area contributed by atoms with Crippen LogP contribution in [0.4, 0.5) is 5.95 Å². The molecule has 0 radical (unpaired) electrons. The molecule has 1 unspecified atom stereocenters. The molecule has 0 saturated heterocycles.